The monoisotopic (exact) mass is 281 g/mol. The number of aromatic amines is 1. The van der Waals surface area contributed by atoms with Gasteiger partial charge in [0.2, 0.25) is 6.54 Å². The zero-order valence-electron chi connectivity index (χ0n) is 12.1. The number of nitrogens with zero attached hydrogens (tertiary/aromatic N) is 3. The number of anilines is 1. The molecule has 106 valence electrons. The minimum absolute atomic E-state index is 0.0962. The molecule has 0 amide bonds. The van der Waals surface area contributed by atoms with Crippen molar-refractivity contribution in [3.63, 3.8) is 0 Å². The van der Waals surface area contributed by atoms with Crippen LogP contribution >= 0.6 is 0 Å². The molecule has 0 saturated heterocycles. The summed E-state index contributed by atoms with van der Waals surface area (Å²) in [6, 6.07) is 11.4. The van der Waals surface area contributed by atoms with Crippen LogP contribution in [0.3, 0.4) is 0 Å². The number of H-pyrrole nitrogens is 1. The summed E-state index contributed by atoms with van der Waals surface area (Å²) >= 11 is 0. The fourth-order valence-electron chi connectivity index (χ4n) is 2.24. The maximum absolute atomic E-state index is 12.0. The molecule has 2 aromatic heterocycles. The molecule has 0 spiro atoms. The summed E-state index contributed by atoms with van der Waals surface area (Å²) in [6.07, 6.45) is 3.95. The molecule has 0 aliphatic rings. The number of nitrogens with one attached hydrogen (secondary N) is 1. The van der Waals surface area contributed by atoms with Crippen molar-refractivity contribution in [2.75, 3.05) is 19.0 Å². The van der Waals surface area contributed by atoms with Crippen LogP contribution < -0.4 is 15.0 Å². The highest BCUT2D eigenvalue weighted by molar-refractivity contribution is 5.77. The summed E-state index contributed by atoms with van der Waals surface area (Å²) < 4.78 is 1.99. The molecule has 3 rings (SSSR count). The first kappa shape index (κ1) is 13.3. The molecular weight excluding hydrogens is 264 g/mol. The maximum atomic E-state index is 12.0. The average molecular weight is 281 g/mol. The van der Waals surface area contributed by atoms with E-state index in [9.17, 15) is 4.79 Å². The molecule has 3 aromatic rings. The SMILES string of the molecule is CN(C)c1cc[n+](Cc2nc3ccccc3c(=O)[nH]2)cc1. The number of fused-ring (bicyclic) bond motifs is 1. The smallest absolute Gasteiger partial charge is 0.258 e. The van der Waals surface area contributed by atoms with Gasteiger partial charge in [-0.05, 0) is 12.1 Å². The molecule has 1 aromatic carbocycles. The number of para-hydroxylation sites is 1. The van der Waals surface area contributed by atoms with Crippen molar-refractivity contribution in [2.45, 2.75) is 6.54 Å². The number of rotatable bonds is 3. The first-order valence-electron chi connectivity index (χ1n) is 6.78. The Morgan fingerprint density at radius 1 is 1.14 bits per heavy atom. The second kappa shape index (κ2) is 5.36. The van der Waals surface area contributed by atoms with Crippen LogP contribution in [0, 0.1) is 0 Å². The van der Waals surface area contributed by atoms with Crippen LogP contribution in [0.5, 0.6) is 0 Å². The fraction of sp³-hybridized carbons (Fsp3) is 0.188. The van der Waals surface area contributed by atoms with Gasteiger partial charge in [0.05, 0.1) is 10.9 Å². The molecule has 0 unspecified atom stereocenters. The number of pyridine rings is 1. The van der Waals surface area contributed by atoms with Gasteiger partial charge in [0, 0.05) is 31.9 Å². The van der Waals surface area contributed by atoms with Crippen molar-refractivity contribution in [1.29, 1.82) is 0 Å². The molecule has 0 radical (unpaired) electrons. The topological polar surface area (TPSA) is 52.9 Å². The molecular formula is C16H17N4O+. The van der Waals surface area contributed by atoms with E-state index in [2.05, 4.69) is 9.97 Å². The van der Waals surface area contributed by atoms with Gasteiger partial charge in [-0.3, -0.25) is 4.79 Å². The third-order valence-electron chi connectivity index (χ3n) is 3.38. The van der Waals surface area contributed by atoms with Crippen molar-refractivity contribution in [2.24, 2.45) is 0 Å². The van der Waals surface area contributed by atoms with Gasteiger partial charge in [0.1, 0.15) is 0 Å². The van der Waals surface area contributed by atoms with Gasteiger partial charge in [0.15, 0.2) is 18.2 Å². The van der Waals surface area contributed by atoms with E-state index in [1.807, 2.05) is 66.3 Å². The minimum atomic E-state index is -0.0962. The van der Waals surface area contributed by atoms with Crippen molar-refractivity contribution < 1.29 is 4.57 Å². The summed E-state index contributed by atoms with van der Waals surface area (Å²) in [5.41, 5.74) is 1.76. The van der Waals surface area contributed by atoms with Crippen LogP contribution in [-0.4, -0.2) is 24.1 Å². The Hall–Kier alpha value is -2.69. The van der Waals surface area contributed by atoms with Crippen LogP contribution in [0.4, 0.5) is 5.69 Å². The van der Waals surface area contributed by atoms with Gasteiger partial charge >= 0.3 is 0 Å². The van der Waals surface area contributed by atoms with Gasteiger partial charge < -0.3 is 9.88 Å². The molecule has 5 heteroatoms. The van der Waals surface area contributed by atoms with Gasteiger partial charge in [-0.25, -0.2) is 4.98 Å². The molecule has 5 nitrogen and oxygen atoms in total. The molecule has 1 N–H and O–H groups in total. The summed E-state index contributed by atoms with van der Waals surface area (Å²) in [4.78, 5) is 21.4. The van der Waals surface area contributed by atoms with E-state index >= 15 is 0 Å². The lowest BCUT2D eigenvalue weighted by Crippen LogP contribution is -2.35. The predicted octanol–water partition coefficient (Wildman–Crippen LogP) is 1.32. The quantitative estimate of drug-likeness (QED) is 0.737. The van der Waals surface area contributed by atoms with Crippen molar-refractivity contribution in [3.8, 4) is 0 Å². The van der Waals surface area contributed by atoms with Crippen molar-refractivity contribution >= 4 is 16.6 Å². The average Bonchev–Trinajstić information content (AvgIpc) is 2.48. The molecule has 0 aliphatic heterocycles. The highest BCUT2D eigenvalue weighted by Crippen LogP contribution is 2.07. The maximum Gasteiger partial charge on any atom is 0.258 e. The molecule has 0 atom stereocenters. The van der Waals surface area contributed by atoms with Crippen LogP contribution in [0.15, 0.2) is 53.6 Å². The number of benzene rings is 1. The Kier molecular flexibility index (Phi) is 3.39. The van der Waals surface area contributed by atoms with Crippen molar-refractivity contribution in [3.05, 3.63) is 65.0 Å². The normalized spacial score (nSPS) is 10.8. The van der Waals surface area contributed by atoms with E-state index in [0.29, 0.717) is 17.8 Å². The van der Waals surface area contributed by atoms with Crippen LogP contribution in [-0.2, 0) is 6.54 Å². The molecule has 2 heterocycles. The Morgan fingerprint density at radius 2 is 1.86 bits per heavy atom. The summed E-state index contributed by atoms with van der Waals surface area (Å²) in [5, 5.41) is 0.620. The van der Waals surface area contributed by atoms with E-state index in [1.165, 1.54) is 0 Å². The second-order valence-electron chi connectivity index (χ2n) is 5.15. The van der Waals surface area contributed by atoms with Crippen LogP contribution in [0.1, 0.15) is 5.82 Å². The van der Waals surface area contributed by atoms with E-state index in [-0.39, 0.29) is 5.56 Å². The second-order valence-corrected chi connectivity index (χ2v) is 5.15. The van der Waals surface area contributed by atoms with Crippen LogP contribution in [0.2, 0.25) is 0 Å². The zero-order valence-corrected chi connectivity index (χ0v) is 12.1. The molecule has 21 heavy (non-hydrogen) atoms. The summed E-state index contributed by atoms with van der Waals surface area (Å²) in [6.45, 7) is 0.535. The highest BCUT2D eigenvalue weighted by Gasteiger charge is 2.08. The predicted molar refractivity (Wildman–Crippen MR) is 82.4 cm³/mol. The van der Waals surface area contributed by atoms with E-state index in [0.717, 1.165) is 11.2 Å². The summed E-state index contributed by atoms with van der Waals surface area (Å²) in [7, 11) is 4.00. The Bertz CT molecular complexity index is 822. The summed E-state index contributed by atoms with van der Waals surface area (Å²) in [5.74, 6) is 0.654. The number of aromatic nitrogens is 3. The van der Waals surface area contributed by atoms with Crippen LogP contribution in [0.25, 0.3) is 10.9 Å². The van der Waals surface area contributed by atoms with Gasteiger partial charge in [0.25, 0.3) is 5.56 Å². The van der Waals surface area contributed by atoms with E-state index in [1.54, 1.807) is 6.07 Å². The van der Waals surface area contributed by atoms with E-state index in [4.69, 9.17) is 0 Å². The third-order valence-corrected chi connectivity index (χ3v) is 3.38. The Labute approximate surface area is 122 Å². The highest BCUT2D eigenvalue weighted by atomic mass is 16.1. The first-order chi connectivity index (χ1) is 10.1. The Balaban J connectivity index is 1.92. The molecule has 0 fully saturated rings. The Morgan fingerprint density at radius 3 is 2.57 bits per heavy atom. The zero-order chi connectivity index (χ0) is 14.8. The minimum Gasteiger partial charge on any atom is -0.377 e. The lowest BCUT2D eigenvalue weighted by Gasteiger charge is -2.10. The first-order valence-corrected chi connectivity index (χ1v) is 6.78. The standard InChI is InChI=1S/C16H16N4O/c1-19(2)12-7-9-20(10-8-12)11-15-17-14-6-4-3-5-13(14)16(21)18-15/h3-10H,11H2,1-2H3/p+1. The fourth-order valence-corrected chi connectivity index (χ4v) is 2.24. The van der Waals surface area contributed by atoms with Crippen molar-refractivity contribution in [1.82, 2.24) is 9.97 Å². The molecule has 0 aliphatic carbocycles. The van der Waals surface area contributed by atoms with Gasteiger partial charge in [-0.2, -0.15) is 4.57 Å². The lowest BCUT2D eigenvalue weighted by molar-refractivity contribution is -0.689. The van der Waals surface area contributed by atoms with E-state index < -0.39 is 0 Å². The van der Waals surface area contributed by atoms with Gasteiger partial charge in [-0.1, -0.05) is 12.1 Å². The van der Waals surface area contributed by atoms with Gasteiger partial charge in [-0.15, -0.1) is 0 Å². The lowest BCUT2D eigenvalue weighted by atomic mass is 10.2. The molecule has 0 bridgehead atoms. The molecule has 0 saturated carbocycles. The number of hydrogen-bond donors (Lipinski definition) is 1. The third kappa shape index (κ3) is 2.76. The largest absolute Gasteiger partial charge is 0.377 e. The number of hydrogen-bond acceptors (Lipinski definition) is 3.